The Bertz CT molecular complexity index is 922. The molecule has 0 aliphatic carbocycles. The zero-order valence-corrected chi connectivity index (χ0v) is 16.1. The van der Waals surface area contributed by atoms with Crippen LogP contribution >= 0.6 is 0 Å². The molecule has 144 valence electrons. The van der Waals surface area contributed by atoms with Gasteiger partial charge in [0.2, 0.25) is 10.0 Å². The molecule has 0 radical (unpaired) electrons. The number of carbonyl (C=O) groups excluding carboxylic acids is 1. The van der Waals surface area contributed by atoms with Gasteiger partial charge in [-0.1, -0.05) is 24.3 Å². The molecule has 1 saturated heterocycles. The minimum Gasteiger partial charge on any atom is -0.399 e. The summed E-state index contributed by atoms with van der Waals surface area (Å²) in [4.78, 5) is 14.7. The van der Waals surface area contributed by atoms with Gasteiger partial charge in [0, 0.05) is 44.0 Å². The third-order valence-corrected chi connectivity index (χ3v) is 6.64. The Kier molecular flexibility index (Phi) is 5.79. The number of carbonyl (C=O) groups is 1. The highest BCUT2D eigenvalue weighted by Gasteiger charge is 2.29. The summed E-state index contributed by atoms with van der Waals surface area (Å²) in [6, 6.07) is 13.4. The normalized spacial score (nSPS) is 16.2. The van der Waals surface area contributed by atoms with E-state index >= 15 is 0 Å². The number of anilines is 1. The summed E-state index contributed by atoms with van der Waals surface area (Å²) in [6.07, 6.45) is 0. The lowest BCUT2D eigenvalue weighted by atomic mass is 10.1. The minimum absolute atomic E-state index is 0.122. The number of piperazine rings is 1. The van der Waals surface area contributed by atoms with E-state index in [-0.39, 0.29) is 17.3 Å². The van der Waals surface area contributed by atoms with Crippen LogP contribution in [-0.2, 0) is 16.6 Å². The third-order valence-electron chi connectivity index (χ3n) is 4.64. The van der Waals surface area contributed by atoms with Gasteiger partial charge in [0.05, 0.1) is 4.90 Å². The van der Waals surface area contributed by atoms with Crippen molar-refractivity contribution in [1.82, 2.24) is 14.5 Å². The molecule has 0 unspecified atom stereocenters. The van der Waals surface area contributed by atoms with E-state index < -0.39 is 10.0 Å². The predicted octanol–water partition coefficient (Wildman–Crippen LogP) is 1.13. The number of likely N-dealkylation sites (N-methyl/N-ethyl adjacent to an activating group) is 1. The molecule has 27 heavy (non-hydrogen) atoms. The van der Waals surface area contributed by atoms with Crippen molar-refractivity contribution in [2.45, 2.75) is 11.4 Å². The van der Waals surface area contributed by atoms with E-state index in [1.165, 1.54) is 4.31 Å². The molecule has 0 aromatic heterocycles. The van der Waals surface area contributed by atoms with Crippen LogP contribution in [0.4, 0.5) is 5.69 Å². The first kappa shape index (κ1) is 19.3. The van der Waals surface area contributed by atoms with E-state index in [1.807, 2.05) is 7.05 Å². The van der Waals surface area contributed by atoms with Gasteiger partial charge < -0.3 is 16.0 Å². The number of nitrogens with one attached hydrogen (secondary N) is 1. The highest BCUT2D eigenvalue weighted by atomic mass is 32.2. The van der Waals surface area contributed by atoms with Crippen LogP contribution < -0.4 is 11.1 Å². The maximum Gasteiger partial charge on any atom is 0.251 e. The molecule has 2 aromatic rings. The maximum atomic E-state index is 13.1. The van der Waals surface area contributed by atoms with E-state index in [4.69, 9.17) is 5.73 Å². The largest absolute Gasteiger partial charge is 0.399 e. The number of sulfonamides is 1. The van der Waals surface area contributed by atoms with Crippen molar-refractivity contribution < 1.29 is 13.2 Å². The molecule has 1 aliphatic heterocycles. The Labute approximate surface area is 159 Å². The first-order valence-electron chi connectivity index (χ1n) is 8.78. The summed E-state index contributed by atoms with van der Waals surface area (Å²) in [7, 11) is -1.62. The van der Waals surface area contributed by atoms with Crippen LogP contribution in [-0.4, -0.2) is 56.8 Å². The number of hydrogen-bond acceptors (Lipinski definition) is 5. The van der Waals surface area contributed by atoms with Gasteiger partial charge in [0.15, 0.2) is 0 Å². The van der Waals surface area contributed by atoms with Crippen molar-refractivity contribution in [2.75, 3.05) is 39.0 Å². The molecule has 1 fully saturated rings. The van der Waals surface area contributed by atoms with Gasteiger partial charge in [-0.05, 0) is 36.9 Å². The number of rotatable bonds is 5. The van der Waals surface area contributed by atoms with E-state index in [1.54, 1.807) is 48.5 Å². The van der Waals surface area contributed by atoms with E-state index in [9.17, 15) is 13.2 Å². The van der Waals surface area contributed by atoms with Crippen molar-refractivity contribution in [3.63, 3.8) is 0 Å². The summed E-state index contributed by atoms with van der Waals surface area (Å²) < 4.78 is 27.6. The van der Waals surface area contributed by atoms with Crippen molar-refractivity contribution in [3.05, 3.63) is 59.7 Å². The van der Waals surface area contributed by atoms with Crippen molar-refractivity contribution in [3.8, 4) is 0 Å². The standard InChI is InChI=1S/C19H24N4O3S/c1-22-9-11-23(12-10-22)27(25,26)18-8-3-2-5-16(18)14-21-19(24)15-6-4-7-17(20)13-15/h2-8,13H,9-12,14,20H2,1H3,(H,21,24). The van der Waals surface area contributed by atoms with Crippen LogP contribution in [0.5, 0.6) is 0 Å². The molecule has 0 bridgehead atoms. The molecular formula is C19H24N4O3S. The molecule has 0 atom stereocenters. The van der Waals surface area contributed by atoms with E-state index in [0.29, 0.717) is 43.0 Å². The summed E-state index contributed by atoms with van der Waals surface area (Å²) >= 11 is 0. The SMILES string of the molecule is CN1CCN(S(=O)(=O)c2ccccc2CNC(=O)c2cccc(N)c2)CC1. The fourth-order valence-corrected chi connectivity index (χ4v) is 4.67. The van der Waals surface area contributed by atoms with Gasteiger partial charge in [0.1, 0.15) is 0 Å². The summed E-state index contributed by atoms with van der Waals surface area (Å²) in [6.45, 7) is 2.45. The maximum absolute atomic E-state index is 13.1. The average Bonchev–Trinajstić information content (AvgIpc) is 2.66. The van der Waals surface area contributed by atoms with Crippen LogP contribution in [0.15, 0.2) is 53.4 Å². The quantitative estimate of drug-likeness (QED) is 0.749. The highest BCUT2D eigenvalue weighted by Crippen LogP contribution is 2.21. The van der Waals surface area contributed by atoms with Crippen molar-refractivity contribution in [1.29, 1.82) is 0 Å². The van der Waals surface area contributed by atoms with Crippen molar-refractivity contribution >= 4 is 21.6 Å². The Morgan fingerprint density at radius 1 is 1.07 bits per heavy atom. The van der Waals surface area contributed by atoms with E-state index in [0.717, 1.165) is 0 Å². The first-order valence-corrected chi connectivity index (χ1v) is 10.2. The van der Waals surface area contributed by atoms with Gasteiger partial charge in [-0.15, -0.1) is 0 Å². The summed E-state index contributed by atoms with van der Waals surface area (Å²) in [5, 5.41) is 2.78. The van der Waals surface area contributed by atoms with Gasteiger partial charge in [-0.2, -0.15) is 4.31 Å². The third kappa shape index (κ3) is 4.47. The molecular weight excluding hydrogens is 364 g/mol. The molecule has 0 saturated carbocycles. The second-order valence-electron chi connectivity index (χ2n) is 6.62. The molecule has 1 aliphatic rings. The van der Waals surface area contributed by atoms with Crippen LogP contribution in [0.3, 0.4) is 0 Å². The Morgan fingerprint density at radius 3 is 2.48 bits per heavy atom. The second kappa shape index (κ2) is 8.08. The lowest BCUT2D eigenvalue weighted by molar-refractivity contribution is 0.0950. The zero-order chi connectivity index (χ0) is 19.4. The molecule has 8 heteroatoms. The fraction of sp³-hybridized carbons (Fsp3) is 0.316. The topological polar surface area (TPSA) is 95.7 Å². The Morgan fingerprint density at radius 2 is 1.78 bits per heavy atom. The monoisotopic (exact) mass is 388 g/mol. The first-order chi connectivity index (χ1) is 12.9. The molecule has 3 N–H and O–H groups in total. The number of nitrogens with two attached hydrogens (primary N) is 1. The Hall–Kier alpha value is -2.42. The zero-order valence-electron chi connectivity index (χ0n) is 15.3. The lowest BCUT2D eigenvalue weighted by Crippen LogP contribution is -2.47. The van der Waals surface area contributed by atoms with Crippen LogP contribution in [0.1, 0.15) is 15.9 Å². The number of nitrogens with zero attached hydrogens (tertiary/aromatic N) is 2. The molecule has 0 spiro atoms. The predicted molar refractivity (Wildman–Crippen MR) is 105 cm³/mol. The summed E-state index contributed by atoms with van der Waals surface area (Å²) in [5.74, 6) is -0.297. The lowest BCUT2D eigenvalue weighted by Gasteiger charge is -2.32. The van der Waals surface area contributed by atoms with Crippen LogP contribution in [0.2, 0.25) is 0 Å². The summed E-state index contributed by atoms with van der Waals surface area (Å²) in [5.41, 5.74) is 7.21. The smallest absolute Gasteiger partial charge is 0.251 e. The number of nitrogen functional groups attached to an aromatic ring is 1. The molecule has 1 amide bonds. The van der Waals surface area contributed by atoms with Gasteiger partial charge >= 0.3 is 0 Å². The number of benzene rings is 2. The van der Waals surface area contributed by atoms with Crippen molar-refractivity contribution in [2.24, 2.45) is 0 Å². The van der Waals surface area contributed by atoms with Gasteiger partial charge in [0.25, 0.3) is 5.91 Å². The second-order valence-corrected chi connectivity index (χ2v) is 8.53. The van der Waals surface area contributed by atoms with Gasteiger partial charge in [-0.3, -0.25) is 4.79 Å². The number of amides is 1. The minimum atomic E-state index is -3.60. The van der Waals surface area contributed by atoms with Crippen LogP contribution in [0.25, 0.3) is 0 Å². The molecule has 1 heterocycles. The highest BCUT2D eigenvalue weighted by molar-refractivity contribution is 7.89. The van der Waals surface area contributed by atoms with Gasteiger partial charge in [-0.25, -0.2) is 8.42 Å². The van der Waals surface area contributed by atoms with Crippen LogP contribution in [0, 0.1) is 0 Å². The van der Waals surface area contributed by atoms with E-state index in [2.05, 4.69) is 10.2 Å². The Balaban J connectivity index is 1.77. The fourth-order valence-electron chi connectivity index (χ4n) is 3.03. The molecule has 2 aromatic carbocycles. The number of hydrogen-bond donors (Lipinski definition) is 2. The molecule has 3 rings (SSSR count). The molecule has 7 nitrogen and oxygen atoms in total. The average molecular weight is 388 g/mol.